The Bertz CT molecular complexity index is 549. The van der Waals surface area contributed by atoms with E-state index in [-0.39, 0.29) is 22.5 Å². The molecule has 1 unspecified atom stereocenters. The summed E-state index contributed by atoms with van der Waals surface area (Å²) in [6, 6.07) is -0.176. The predicted octanol–water partition coefficient (Wildman–Crippen LogP) is 0.304. The first-order chi connectivity index (χ1) is 9.45. The number of aliphatic hydroxyl groups excluding tert-OH is 1. The molecule has 0 radical (unpaired) electrons. The van der Waals surface area contributed by atoms with Gasteiger partial charge in [0.05, 0.1) is 12.3 Å². The molecule has 0 spiro atoms. The van der Waals surface area contributed by atoms with E-state index in [4.69, 9.17) is 4.74 Å². The van der Waals surface area contributed by atoms with E-state index in [0.717, 1.165) is 12.8 Å². The van der Waals surface area contributed by atoms with Gasteiger partial charge in [-0.05, 0) is 32.6 Å². The Labute approximate surface area is 118 Å². The largest absolute Gasteiger partial charge is 0.390 e. The molecule has 1 aromatic heterocycles. The first-order valence-corrected chi connectivity index (χ1v) is 8.18. The topological polar surface area (TPSA) is 104 Å². The van der Waals surface area contributed by atoms with Crippen molar-refractivity contribution in [2.24, 2.45) is 5.92 Å². The van der Waals surface area contributed by atoms with Crippen LogP contribution in [0.15, 0.2) is 4.90 Å². The molecule has 1 aliphatic rings. The summed E-state index contributed by atoms with van der Waals surface area (Å²) < 4.78 is 32.8. The number of nitrogens with zero attached hydrogens (tertiary/aromatic N) is 1. The average molecular weight is 303 g/mol. The lowest BCUT2D eigenvalue weighted by Crippen LogP contribution is -2.40. The van der Waals surface area contributed by atoms with Gasteiger partial charge >= 0.3 is 0 Å². The third-order valence-electron chi connectivity index (χ3n) is 3.69. The summed E-state index contributed by atoms with van der Waals surface area (Å²) in [5.41, 5.74) is 0.579. The summed E-state index contributed by atoms with van der Waals surface area (Å²) in [4.78, 5) is 0.0545. The Kier molecular flexibility index (Phi) is 4.79. The maximum absolute atomic E-state index is 12.4. The van der Waals surface area contributed by atoms with Crippen molar-refractivity contribution in [3.63, 3.8) is 0 Å². The molecule has 0 bridgehead atoms. The Balaban J connectivity index is 2.16. The lowest BCUT2D eigenvalue weighted by molar-refractivity contribution is 0.0585. The molecule has 0 aromatic carbocycles. The van der Waals surface area contributed by atoms with Crippen molar-refractivity contribution in [2.75, 3.05) is 13.2 Å². The molecule has 0 saturated carbocycles. The maximum atomic E-state index is 12.4. The minimum Gasteiger partial charge on any atom is -0.390 e. The molecule has 20 heavy (non-hydrogen) atoms. The second-order valence-electron chi connectivity index (χ2n) is 5.14. The van der Waals surface area contributed by atoms with Gasteiger partial charge in [0.2, 0.25) is 10.0 Å². The Hall–Kier alpha value is -0.960. The quantitative estimate of drug-likeness (QED) is 0.726. The van der Waals surface area contributed by atoms with Gasteiger partial charge in [-0.25, -0.2) is 13.1 Å². The predicted molar refractivity (Wildman–Crippen MR) is 72.6 cm³/mol. The molecule has 7 nitrogen and oxygen atoms in total. The van der Waals surface area contributed by atoms with Crippen LogP contribution in [0.2, 0.25) is 0 Å². The highest BCUT2D eigenvalue weighted by Crippen LogP contribution is 2.22. The van der Waals surface area contributed by atoms with Crippen molar-refractivity contribution in [3.05, 3.63) is 11.4 Å². The summed E-state index contributed by atoms with van der Waals surface area (Å²) in [5, 5.41) is 15.6. The van der Waals surface area contributed by atoms with Crippen LogP contribution in [0.4, 0.5) is 0 Å². The monoisotopic (exact) mass is 303 g/mol. The highest BCUT2D eigenvalue weighted by Gasteiger charge is 2.29. The summed E-state index contributed by atoms with van der Waals surface area (Å²) in [6.45, 7) is 4.42. The Morgan fingerprint density at radius 3 is 2.75 bits per heavy atom. The minimum absolute atomic E-state index is 0.0545. The lowest BCUT2D eigenvalue weighted by atomic mass is 9.94. The number of hydrogen-bond donors (Lipinski definition) is 3. The fraction of sp³-hybridized carbons (Fsp3) is 0.750. The number of hydrogen-bond acceptors (Lipinski definition) is 5. The summed E-state index contributed by atoms with van der Waals surface area (Å²) in [7, 11) is -3.68. The van der Waals surface area contributed by atoms with Crippen LogP contribution >= 0.6 is 0 Å². The highest BCUT2D eigenvalue weighted by molar-refractivity contribution is 7.89. The van der Waals surface area contributed by atoms with Gasteiger partial charge in [-0.3, -0.25) is 5.10 Å². The molecule has 114 valence electrons. The van der Waals surface area contributed by atoms with Gasteiger partial charge in [0.25, 0.3) is 0 Å². The minimum atomic E-state index is -3.68. The number of sulfonamides is 1. The highest BCUT2D eigenvalue weighted by atomic mass is 32.2. The number of aromatic amines is 1. The van der Waals surface area contributed by atoms with Crippen molar-refractivity contribution in [2.45, 2.75) is 44.2 Å². The van der Waals surface area contributed by atoms with E-state index in [1.54, 1.807) is 6.92 Å². The standard InChI is InChI=1S/C12H21N3O4S/c1-8(10-3-5-19-6-4-10)15-20(17,18)12-9(2)13-14-11(12)7-16/h8,10,15-16H,3-7H2,1-2H3,(H,13,14). The number of H-pyrrole nitrogens is 1. The zero-order chi connectivity index (χ0) is 14.8. The zero-order valence-corrected chi connectivity index (χ0v) is 12.5. The Morgan fingerprint density at radius 2 is 2.15 bits per heavy atom. The molecule has 1 fully saturated rings. The molecule has 0 amide bonds. The van der Waals surface area contributed by atoms with Crippen molar-refractivity contribution >= 4 is 10.0 Å². The van der Waals surface area contributed by atoms with Crippen LogP contribution < -0.4 is 4.72 Å². The maximum Gasteiger partial charge on any atom is 0.244 e. The second-order valence-corrected chi connectivity index (χ2v) is 6.79. The molecular formula is C12H21N3O4S. The molecule has 2 heterocycles. The van der Waals surface area contributed by atoms with E-state index >= 15 is 0 Å². The molecule has 3 N–H and O–H groups in total. The summed E-state index contributed by atoms with van der Waals surface area (Å²) >= 11 is 0. The van der Waals surface area contributed by atoms with Gasteiger partial charge < -0.3 is 9.84 Å². The van der Waals surface area contributed by atoms with E-state index < -0.39 is 16.6 Å². The van der Waals surface area contributed by atoms with Crippen molar-refractivity contribution in [1.82, 2.24) is 14.9 Å². The molecule has 1 aromatic rings. The zero-order valence-electron chi connectivity index (χ0n) is 11.7. The number of ether oxygens (including phenoxy) is 1. The van der Waals surface area contributed by atoms with E-state index in [0.29, 0.717) is 18.9 Å². The number of rotatable bonds is 5. The van der Waals surface area contributed by atoms with Crippen molar-refractivity contribution in [1.29, 1.82) is 0 Å². The third-order valence-corrected chi connectivity index (χ3v) is 5.46. The van der Waals surface area contributed by atoms with Crippen LogP contribution in [-0.2, 0) is 21.4 Å². The van der Waals surface area contributed by atoms with E-state index in [1.165, 1.54) is 0 Å². The van der Waals surface area contributed by atoms with E-state index in [2.05, 4.69) is 14.9 Å². The SMILES string of the molecule is Cc1[nH]nc(CO)c1S(=O)(=O)NC(C)C1CCOCC1. The smallest absolute Gasteiger partial charge is 0.244 e. The van der Waals surface area contributed by atoms with Gasteiger partial charge in [0, 0.05) is 19.3 Å². The van der Waals surface area contributed by atoms with Gasteiger partial charge in [-0.15, -0.1) is 0 Å². The van der Waals surface area contributed by atoms with E-state index in [9.17, 15) is 13.5 Å². The number of aliphatic hydroxyl groups is 1. The average Bonchev–Trinajstić information content (AvgIpc) is 2.81. The molecule has 0 aliphatic carbocycles. The number of aryl methyl sites for hydroxylation is 1. The molecule has 1 atom stereocenters. The second kappa shape index (κ2) is 6.21. The van der Waals surface area contributed by atoms with Gasteiger partial charge in [-0.2, -0.15) is 5.10 Å². The fourth-order valence-electron chi connectivity index (χ4n) is 2.55. The van der Waals surface area contributed by atoms with Crippen LogP contribution in [0.3, 0.4) is 0 Å². The first kappa shape index (κ1) is 15.4. The molecule has 2 rings (SSSR count). The van der Waals surface area contributed by atoms with Crippen molar-refractivity contribution in [3.8, 4) is 0 Å². The van der Waals surface area contributed by atoms with Crippen LogP contribution in [0.5, 0.6) is 0 Å². The molecule has 1 saturated heterocycles. The number of aromatic nitrogens is 2. The molecule has 1 aliphatic heterocycles. The van der Waals surface area contributed by atoms with Gasteiger partial charge in [0.1, 0.15) is 10.6 Å². The lowest BCUT2D eigenvalue weighted by Gasteiger charge is -2.28. The summed E-state index contributed by atoms with van der Waals surface area (Å²) in [6.07, 6.45) is 1.70. The van der Waals surface area contributed by atoms with Gasteiger partial charge in [0.15, 0.2) is 0 Å². The van der Waals surface area contributed by atoms with Crippen molar-refractivity contribution < 1.29 is 18.3 Å². The molecule has 8 heteroatoms. The number of nitrogens with one attached hydrogen (secondary N) is 2. The normalized spacial score (nSPS) is 19.1. The van der Waals surface area contributed by atoms with E-state index in [1.807, 2.05) is 6.92 Å². The fourth-order valence-corrected chi connectivity index (χ4v) is 4.22. The van der Waals surface area contributed by atoms with Gasteiger partial charge in [-0.1, -0.05) is 0 Å². The van der Waals surface area contributed by atoms with Crippen LogP contribution in [0.25, 0.3) is 0 Å². The first-order valence-electron chi connectivity index (χ1n) is 6.70. The van der Waals surface area contributed by atoms with Crippen LogP contribution in [0, 0.1) is 12.8 Å². The van der Waals surface area contributed by atoms with Crippen LogP contribution in [0.1, 0.15) is 31.2 Å². The third kappa shape index (κ3) is 3.20. The molecular weight excluding hydrogens is 282 g/mol. The van der Waals surface area contributed by atoms with Crippen LogP contribution in [-0.4, -0.2) is 43.0 Å². The summed E-state index contributed by atoms with van der Waals surface area (Å²) in [5.74, 6) is 0.267. The Morgan fingerprint density at radius 1 is 1.50 bits per heavy atom.